The summed E-state index contributed by atoms with van der Waals surface area (Å²) in [7, 11) is 0. The Kier molecular flexibility index (Phi) is 6.13. The molecule has 0 bridgehead atoms. The van der Waals surface area contributed by atoms with Crippen molar-refractivity contribution in [2.24, 2.45) is 0 Å². The van der Waals surface area contributed by atoms with Crippen molar-refractivity contribution < 1.29 is 19.1 Å². The van der Waals surface area contributed by atoms with Crippen LogP contribution in [-0.4, -0.2) is 46.6 Å². The van der Waals surface area contributed by atoms with Crippen LogP contribution in [0.2, 0.25) is 0 Å². The maximum atomic E-state index is 12.5. The molecule has 0 unspecified atom stereocenters. The third-order valence-electron chi connectivity index (χ3n) is 4.95. The van der Waals surface area contributed by atoms with Crippen molar-refractivity contribution in [1.29, 1.82) is 0 Å². The minimum Gasteiger partial charge on any atom is -0.484 e. The van der Waals surface area contributed by atoms with Crippen LogP contribution in [0, 0.1) is 0 Å². The van der Waals surface area contributed by atoms with Gasteiger partial charge in [0.2, 0.25) is 0 Å². The van der Waals surface area contributed by atoms with E-state index in [1.165, 1.54) is 11.1 Å². The Morgan fingerprint density at radius 1 is 1.23 bits per heavy atom. The van der Waals surface area contributed by atoms with Gasteiger partial charge in [-0.3, -0.25) is 24.3 Å². The Morgan fingerprint density at radius 3 is 2.93 bits per heavy atom. The molecule has 1 aromatic heterocycles. The quantitative estimate of drug-likeness (QED) is 0.689. The van der Waals surface area contributed by atoms with E-state index in [1.807, 2.05) is 18.2 Å². The van der Waals surface area contributed by atoms with E-state index in [0.717, 1.165) is 41.5 Å². The molecule has 2 aliphatic rings. The number of thioether (sulfide) groups is 1. The number of pyridine rings is 1. The number of aryl methyl sites for hydroxylation is 2. The molecule has 1 aliphatic carbocycles. The predicted octanol–water partition coefficient (Wildman–Crippen LogP) is 2.80. The summed E-state index contributed by atoms with van der Waals surface area (Å²) in [5.74, 6) is 0.0168. The summed E-state index contributed by atoms with van der Waals surface area (Å²) in [5, 5.41) is 2.34. The van der Waals surface area contributed by atoms with E-state index in [0.29, 0.717) is 10.7 Å². The van der Waals surface area contributed by atoms with Gasteiger partial charge in [-0.25, -0.2) is 0 Å². The van der Waals surface area contributed by atoms with Crippen LogP contribution in [0.3, 0.4) is 0 Å². The number of nitrogens with one attached hydrogen (secondary N) is 1. The zero-order chi connectivity index (χ0) is 20.9. The smallest absolute Gasteiger partial charge is 0.293 e. The summed E-state index contributed by atoms with van der Waals surface area (Å²) in [6.07, 6.45) is 8.20. The van der Waals surface area contributed by atoms with Crippen molar-refractivity contribution in [3.05, 3.63) is 64.3 Å². The molecule has 2 aromatic rings. The number of fused-ring (bicyclic) bond motifs is 1. The van der Waals surface area contributed by atoms with Crippen LogP contribution < -0.4 is 10.1 Å². The Labute approximate surface area is 178 Å². The maximum absolute atomic E-state index is 12.5. The Hall–Kier alpha value is -3.13. The number of aromatic nitrogens is 1. The summed E-state index contributed by atoms with van der Waals surface area (Å²) in [6, 6.07) is 9.49. The van der Waals surface area contributed by atoms with Gasteiger partial charge in [0.05, 0.1) is 4.91 Å². The second-order valence-corrected chi connectivity index (χ2v) is 8.04. The van der Waals surface area contributed by atoms with E-state index in [4.69, 9.17) is 4.74 Å². The predicted molar refractivity (Wildman–Crippen MR) is 114 cm³/mol. The number of nitrogens with zero attached hydrogens (tertiary/aromatic N) is 2. The van der Waals surface area contributed by atoms with E-state index in [1.54, 1.807) is 24.5 Å². The van der Waals surface area contributed by atoms with Gasteiger partial charge in [-0.2, -0.15) is 0 Å². The van der Waals surface area contributed by atoms with Gasteiger partial charge in [0.15, 0.2) is 6.61 Å². The first-order chi connectivity index (χ1) is 14.6. The molecule has 0 radical (unpaired) electrons. The van der Waals surface area contributed by atoms with Crippen LogP contribution in [0.15, 0.2) is 47.6 Å². The first-order valence-corrected chi connectivity index (χ1v) is 10.6. The van der Waals surface area contributed by atoms with Gasteiger partial charge in [-0.15, -0.1) is 0 Å². The molecular weight excluding hydrogens is 402 g/mol. The van der Waals surface area contributed by atoms with Crippen molar-refractivity contribution >= 4 is 34.9 Å². The number of hydrogen-bond donors (Lipinski definition) is 1. The third-order valence-corrected chi connectivity index (χ3v) is 5.86. The van der Waals surface area contributed by atoms with Crippen LogP contribution in [0.4, 0.5) is 4.79 Å². The molecule has 1 aliphatic heterocycles. The summed E-state index contributed by atoms with van der Waals surface area (Å²) < 4.78 is 5.56. The molecule has 0 saturated carbocycles. The highest BCUT2D eigenvalue weighted by molar-refractivity contribution is 8.18. The zero-order valence-corrected chi connectivity index (χ0v) is 17.1. The van der Waals surface area contributed by atoms with Crippen molar-refractivity contribution in [2.75, 3.05) is 19.7 Å². The van der Waals surface area contributed by atoms with E-state index in [2.05, 4.69) is 16.4 Å². The van der Waals surface area contributed by atoms with Gasteiger partial charge in [-0.1, -0.05) is 12.1 Å². The normalized spacial score (nSPS) is 16.8. The van der Waals surface area contributed by atoms with Gasteiger partial charge in [0.25, 0.3) is 17.1 Å². The highest BCUT2D eigenvalue weighted by atomic mass is 32.2. The Balaban J connectivity index is 1.24. The molecule has 7 nitrogen and oxygen atoms in total. The molecule has 0 spiro atoms. The number of rotatable bonds is 7. The van der Waals surface area contributed by atoms with Crippen molar-refractivity contribution in [2.45, 2.75) is 19.3 Å². The highest BCUT2D eigenvalue weighted by Crippen LogP contribution is 2.31. The maximum Gasteiger partial charge on any atom is 0.293 e. The molecule has 8 heteroatoms. The zero-order valence-electron chi connectivity index (χ0n) is 16.3. The van der Waals surface area contributed by atoms with E-state index >= 15 is 0 Å². The van der Waals surface area contributed by atoms with Crippen LogP contribution in [-0.2, 0) is 22.4 Å². The number of hydrogen-bond acceptors (Lipinski definition) is 6. The molecule has 3 amide bonds. The fourth-order valence-electron chi connectivity index (χ4n) is 3.45. The van der Waals surface area contributed by atoms with Crippen molar-refractivity contribution in [3.8, 4) is 5.75 Å². The number of carbonyl (C=O) groups is 3. The molecule has 1 N–H and O–H groups in total. The average Bonchev–Trinajstić information content (AvgIpc) is 3.32. The van der Waals surface area contributed by atoms with E-state index in [9.17, 15) is 14.4 Å². The minimum absolute atomic E-state index is 0.110. The molecule has 0 atom stereocenters. The summed E-state index contributed by atoms with van der Waals surface area (Å²) >= 11 is 0.886. The topological polar surface area (TPSA) is 88.6 Å². The second kappa shape index (κ2) is 9.13. The van der Waals surface area contributed by atoms with Crippen molar-refractivity contribution in [1.82, 2.24) is 15.2 Å². The van der Waals surface area contributed by atoms with Crippen LogP contribution in [0.25, 0.3) is 6.08 Å². The lowest BCUT2D eigenvalue weighted by Gasteiger charge is -2.13. The Bertz CT molecular complexity index is 1010. The van der Waals surface area contributed by atoms with Crippen molar-refractivity contribution in [3.63, 3.8) is 0 Å². The number of imide groups is 1. The Morgan fingerprint density at radius 2 is 2.10 bits per heavy atom. The standard InChI is InChI=1S/C22H21N3O4S/c26-20(14-29-18-7-6-16-4-1-5-17(16)12-18)24-9-10-25-21(27)19(30-22(25)28)11-15-3-2-8-23-13-15/h2-3,6-8,11-13H,1,4-5,9-10,14H2,(H,24,26)/b19-11-. The second-order valence-electron chi connectivity index (χ2n) is 7.04. The molecule has 1 saturated heterocycles. The minimum atomic E-state index is -0.363. The third kappa shape index (κ3) is 4.71. The van der Waals surface area contributed by atoms with Crippen LogP contribution in [0.1, 0.15) is 23.1 Å². The summed E-state index contributed by atoms with van der Waals surface area (Å²) in [5.41, 5.74) is 3.38. The van der Waals surface area contributed by atoms with Gasteiger partial charge in [0.1, 0.15) is 5.75 Å². The van der Waals surface area contributed by atoms with Gasteiger partial charge in [-0.05, 0) is 72.0 Å². The first-order valence-electron chi connectivity index (χ1n) is 9.77. The monoisotopic (exact) mass is 423 g/mol. The molecule has 4 rings (SSSR count). The fraction of sp³-hybridized carbons (Fsp3) is 0.273. The summed E-state index contributed by atoms with van der Waals surface area (Å²) in [4.78, 5) is 42.1. The number of amides is 3. The van der Waals surface area contributed by atoms with Gasteiger partial charge in [0, 0.05) is 25.5 Å². The van der Waals surface area contributed by atoms with E-state index in [-0.39, 0.29) is 36.7 Å². The van der Waals surface area contributed by atoms with Gasteiger partial charge < -0.3 is 10.1 Å². The SMILES string of the molecule is O=C(COc1ccc2c(c1)CCC2)NCCN1C(=O)S/C(=C\c2cccnc2)C1=O. The summed E-state index contributed by atoms with van der Waals surface area (Å²) in [6.45, 7) is 0.172. The fourth-order valence-corrected chi connectivity index (χ4v) is 4.32. The molecule has 1 aromatic carbocycles. The lowest BCUT2D eigenvalue weighted by Crippen LogP contribution is -2.38. The van der Waals surface area contributed by atoms with Gasteiger partial charge >= 0.3 is 0 Å². The van der Waals surface area contributed by atoms with E-state index < -0.39 is 0 Å². The lowest BCUT2D eigenvalue weighted by atomic mass is 10.1. The largest absolute Gasteiger partial charge is 0.484 e. The molecular formula is C22H21N3O4S. The lowest BCUT2D eigenvalue weighted by molar-refractivity contribution is -0.125. The molecule has 30 heavy (non-hydrogen) atoms. The molecule has 1 fully saturated rings. The number of benzene rings is 1. The van der Waals surface area contributed by atoms with Crippen LogP contribution in [0.5, 0.6) is 5.75 Å². The highest BCUT2D eigenvalue weighted by Gasteiger charge is 2.34. The first kappa shape index (κ1) is 20.2. The molecule has 2 heterocycles. The van der Waals surface area contributed by atoms with Crippen LogP contribution >= 0.6 is 11.8 Å². The average molecular weight is 423 g/mol. The number of ether oxygens (including phenoxy) is 1. The molecule has 154 valence electrons. The number of carbonyl (C=O) groups excluding carboxylic acids is 3.